The van der Waals surface area contributed by atoms with Gasteiger partial charge in [-0.15, -0.1) is 0 Å². The van der Waals surface area contributed by atoms with Crippen LogP contribution in [0.5, 0.6) is 0 Å². The normalized spacial score (nSPS) is 20.3. The van der Waals surface area contributed by atoms with Crippen LogP contribution < -0.4 is 0 Å². The predicted octanol–water partition coefficient (Wildman–Crippen LogP) is 4.86. The third-order valence-corrected chi connectivity index (χ3v) is 8.34. The van der Waals surface area contributed by atoms with Crippen LogP contribution in [0.3, 0.4) is 0 Å². The Hall–Kier alpha value is -1.41. The molecular weight excluding hydrogens is 476 g/mol. The zero-order valence-electron chi connectivity index (χ0n) is 15.9. The molecule has 2 heterocycles. The highest BCUT2D eigenvalue weighted by atomic mass is 79.9. The first-order valence-electron chi connectivity index (χ1n) is 9.74. The van der Waals surface area contributed by atoms with Crippen molar-refractivity contribution in [1.82, 2.24) is 9.21 Å². The number of hydrogen-bond donors (Lipinski definition) is 0. The standard InChI is InChI=1S/C21H22BrClN2O3S/c22-16-6-3-5-15(13-16)20-7-4-12-25(20)21(26)18-14-17(8-9-19(18)23)29(27,28)24-10-1-2-11-24/h3,5-6,8-9,13-14,20H,1-2,4,7,10-12H2. The van der Waals surface area contributed by atoms with Gasteiger partial charge in [0.2, 0.25) is 10.0 Å². The van der Waals surface area contributed by atoms with E-state index in [0.717, 1.165) is 35.7 Å². The first-order valence-corrected chi connectivity index (χ1v) is 12.3. The summed E-state index contributed by atoms with van der Waals surface area (Å²) in [6, 6.07) is 12.3. The van der Waals surface area contributed by atoms with Gasteiger partial charge in [0.25, 0.3) is 5.91 Å². The molecule has 29 heavy (non-hydrogen) atoms. The second-order valence-corrected chi connectivity index (χ2v) is 10.7. The van der Waals surface area contributed by atoms with Crippen LogP contribution in [-0.4, -0.2) is 43.2 Å². The van der Waals surface area contributed by atoms with E-state index in [9.17, 15) is 13.2 Å². The van der Waals surface area contributed by atoms with Gasteiger partial charge in [-0.3, -0.25) is 4.79 Å². The fraction of sp³-hybridized carbons (Fsp3) is 0.381. The van der Waals surface area contributed by atoms with Crippen LogP contribution >= 0.6 is 27.5 Å². The average Bonchev–Trinajstić information content (AvgIpc) is 3.40. The van der Waals surface area contributed by atoms with Gasteiger partial charge >= 0.3 is 0 Å². The summed E-state index contributed by atoms with van der Waals surface area (Å²) >= 11 is 9.83. The van der Waals surface area contributed by atoms with E-state index in [1.807, 2.05) is 24.3 Å². The van der Waals surface area contributed by atoms with E-state index in [1.165, 1.54) is 22.5 Å². The lowest BCUT2D eigenvalue weighted by molar-refractivity contribution is 0.0735. The molecule has 1 atom stereocenters. The number of sulfonamides is 1. The Labute approximate surface area is 184 Å². The molecule has 1 unspecified atom stereocenters. The minimum atomic E-state index is -3.61. The summed E-state index contributed by atoms with van der Waals surface area (Å²) in [7, 11) is -3.61. The van der Waals surface area contributed by atoms with Crippen LogP contribution in [0.15, 0.2) is 51.8 Å². The Balaban J connectivity index is 1.66. The predicted molar refractivity (Wildman–Crippen MR) is 117 cm³/mol. The van der Waals surface area contributed by atoms with Crippen LogP contribution in [-0.2, 0) is 10.0 Å². The Kier molecular flexibility index (Phi) is 6.02. The zero-order valence-corrected chi connectivity index (χ0v) is 19.0. The minimum absolute atomic E-state index is 0.0464. The molecule has 2 aliphatic heterocycles. The lowest BCUT2D eigenvalue weighted by atomic mass is 10.0. The maximum Gasteiger partial charge on any atom is 0.255 e. The van der Waals surface area contributed by atoms with Crippen molar-refractivity contribution in [1.29, 1.82) is 0 Å². The molecule has 0 bridgehead atoms. The fourth-order valence-electron chi connectivity index (χ4n) is 4.13. The van der Waals surface area contributed by atoms with Gasteiger partial charge in [-0.25, -0.2) is 8.42 Å². The van der Waals surface area contributed by atoms with Gasteiger partial charge in [0.1, 0.15) is 0 Å². The number of halogens is 2. The molecule has 0 aromatic heterocycles. The van der Waals surface area contributed by atoms with E-state index in [0.29, 0.717) is 19.6 Å². The fourth-order valence-corrected chi connectivity index (χ4v) is 6.29. The summed E-state index contributed by atoms with van der Waals surface area (Å²) in [6.07, 6.45) is 3.49. The smallest absolute Gasteiger partial charge is 0.255 e. The van der Waals surface area contributed by atoms with Gasteiger partial charge in [0.15, 0.2) is 0 Å². The summed E-state index contributed by atoms with van der Waals surface area (Å²) in [4.78, 5) is 15.3. The number of benzene rings is 2. The summed E-state index contributed by atoms with van der Waals surface area (Å²) < 4.78 is 28.3. The van der Waals surface area contributed by atoms with Gasteiger partial charge in [-0.2, -0.15) is 4.31 Å². The largest absolute Gasteiger partial charge is 0.332 e. The number of carbonyl (C=O) groups is 1. The van der Waals surface area contributed by atoms with Gasteiger partial charge < -0.3 is 4.90 Å². The molecule has 0 N–H and O–H groups in total. The average molecular weight is 498 g/mol. The molecule has 2 fully saturated rings. The third-order valence-electron chi connectivity index (χ3n) is 5.62. The Morgan fingerprint density at radius 1 is 1.03 bits per heavy atom. The molecule has 0 aliphatic carbocycles. The first-order chi connectivity index (χ1) is 13.9. The molecule has 8 heteroatoms. The molecule has 4 rings (SSSR count). The molecule has 2 saturated heterocycles. The van der Waals surface area contributed by atoms with Gasteiger partial charge in [-0.05, 0) is 61.6 Å². The number of likely N-dealkylation sites (tertiary alicyclic amines) is 1. The van der Waals surface area contributed by atoms with E-state index in [1.54, 1.807) is 4.90 Å². The van der Waals surface area contributed by atoms with Gasteiger partial charge in [-0.1, -0.05) is 39.7 Å². The maximum absolute atomic E-state index is 13.4. The summed E-state index contributed by atoms with van der Waals surface area (Å²) in [5, 5.41) is 0.273. The summed E-state index contributed by atoms with van der Waals surface area (Å²) in [5.41, 5.74) is 1.30. The van der Waals surface area contributed by atoms with Gasteiger partial charge in [0.05, 0.1) is 21.5 Å². The molecule has 5 nitrogen and oxygen atoms in total. The number of hydrogen-bond acceptors (Lipinski definition) is 3. The molecule has 0 spiro atoms. The lowest BCUT2D eigenvalue weighted by Crippen LogP contribution is -2.31. The summed E-state index contributed by atoms with van der Waals surface area (Å²) in [6.45, 7) is 1.66. The first kappa shape index (κ1) is 20.8. The molecule has 2 aliphatic rings. The van der Waals surface area contributed by atoms with Crippen molar-refractivity contribution in [3.63, 3.8) is 0 Å². The Morgan fingerprint density at radius 2 is 1.79 bits per heavy atom. The molecule has 1 amide bonds. The highest BCUT2D eigenvalue weighted by molar-refractivity contribution is 9.10. The Morgan fingerprint density at radius 3 is 2.52 bits per heavy atom. The van der Waals surface area contributed by atoms with E-state index in [2.05, 4.69) is 15.9 Å². The molecule has 0 radical (unpaired) electrons. The maximum atomic E-state index is 13.4. The van der Waals surface area contributed by atoms with Crippen molar-refractivity contribution >= 4 is 43.5 Å². The van der Waals surface area contributed by atoms with Crippen molar-refractivity contribution in [2.45, 2.75) is 36.6 Å². The minimum Gasteiger partial charge on any atom is -0.332 e. The molecule has 2 aromatic carbocycles. The SMILES string of the molecule is O=C(c1cc(S(=O)(=O)N2CCCC2)ccc1Cl)N1CCCC1c1cccc(Br)c1. The second kappa shape index (κ2) is 8.38. The van der Waals surface area contributed by atoms with Crippen molar-refractivity contribution in [2.75, 3.05) is 19.6 Å². The second-order valence-electron chi connectivity index (χ2n) is 7.46. The molecule has 154 valence electrons. The lowest BCUT2D eigenvalue weighted by Gasteiger charge is -2.26. The quantitative estimate of drug-likeness (QED) is 0.606. The third kappa shape index (κ3) is 4.10. The van der Waals surface area contributed by atoms with Crippen molar-refractivity contribution in [2.24, 2.45) is 0 Å². The number of amides is 1. The van der Waals surface area contributed by atoms with Crippen molar-refractivity contribution in [3.8, 4) is 0 Å². The molecule has 2 aromatic rings. The van der Waals surface area contributed by atoms with Crippen molar-refractivity contribution < 1.29 is 13.2 Å². The van der Waals surface area contributed by atoms with Crippen LogP contribution in [0.1, 0.15) is 47.6 Å². The monoisotopic (exact) mass is 496 g/mol. The van der Waals surface area contributed by atoms with E-state index in [4.69, 9.17) is 11.6 Å². The van der Waals surface area contributed by atoms with Crippen LogP contribution in [0.4, 0.5) is 0 Å². The van der Waals surface area contributed by atoms with Crippen LogP contribution in [0.25, 0.3) is 0 Å². The van der Waals surface area contributed by atoms with E-state index < -0.39 is 10.0 Å². The topological polar surface area (TPSA) is 57.7 Å². The highest BCUT2D eigenvalue weighted by Gasteiger charge is 2.33. The van der Waals surface area contributed by atoms with E-state index >= 15 is 0 Å². The van der Waals surface area contributed by atoms with E-state index in [-0.39, 0.29) is 27.4 Å². The number of rotatable bonds is 4. The summed E-state index contributed by atoms with van der Waals surface area (Å²) in [5.74, 6) is -0.226. The Bertz CT molecular complexity index is 1040. The van der Waals surface area contributed by atoms with Gasteiger partial charge in [0, 0.05) is 24.1 Å². The van der Waals surface area contributed by atoms with Crippen LogP contribution in [0.2, 0.25) is 5.02 Å². The highest BCUT2D eigenvalue weighted by Crippen LogP contribution is 2.35. The van der Waals surface area contributed by atoms with Crippen molar-refractivity contribution in [3.05, 3.63) is 63.1 Å². The number of nitrogens with zero attached hydrogens (tertiary/aromatic N) is 2. The molecule has 0 saturated carbocycles. The van der Waals surface area contributed by atoms with Crippen LogP contribution in [0, 0.1) is 0 Å². The zero-order chi connectivity index (χ0) is 20.6. The number of carbonyl (C=O) groups excluding carboxylic acids is 1. The molecular formula is C21H22BrClN2O3S.